The first kappa shape index (κ1) is 12.0. The second kappa shape index (κ2) is 4.82. The second-order valence-corrected chi connectivity index (χ2v) is 5.19. The number of Topliss-reactive ketones (excluding diaryl/α,β-unsaturated/α-hetero) is 1. The zero-order valence-electron chi connectivity index (χ0n) is 9.99. The molecule has 0 saturated heterocycles. The van der Waals surface area contributed by atoms with E-state index in [0.717, 1.165) is 9.75 Å². The molecule has 0 atom stereocenters. The van der Waals surface area contributed by atoms with Gasteiger partial charge in [-0.3, -0.25) is 4.79 Å². The predicted molar refractivity (Wildman–Crippen MR) is 72.6 cm³/mol. The Morgan fingerprint density at radius 2 is 2.00 bits per heavy atom. The van der Waals surface area contributed by atoms with Crippen LogP contribution >= 0.6 is 11.3 Å². The highest BCUT2D eigenvalue weighted by Gasteiger charge is 2.10. The molecule has 0 aliphatic rings. The minimum atomic E-state index is 0.00607. The number of aryl methyl sites for hydroxylation is 2. The molecule has 0 saturated carbocycles. The van der Waals surface area contributed by atoms with Gasteiger partial charge in [0.15, 0.2) is 5.78 Å². The summed E-state index contributed by atoms with van der Waals surface area (Å²) in [4.78, 5) is 13.4. The minimum Gasteiger partial charge on any atom is -0.324 e. The highest BCUT2D eigenvalue weighted by molar-refractivity contribution is 7.17. The molecule has 1 aromatic carbocycles. The third-order valence-electron chi connectivity index (χ3n) is 2.72. The Balaban J connectivity index is 2.43. The number of thiophene rings is 1. The summed E-state index contributed by atoms with van der Waals surface area (Å²) in [5.41, 5.74) is 9.02. The first-order valence-corrected chi connectivity index (χ1v) is 6.34. The van der Waals surface area contributed by atoms with Crippen molar-refractivity contribution >= 4 is 17.1 Å². The van der Waals surface area contributed by atoms with Gasteiger partial charge in [0.1, 0.15) is 0 Å². The summed E-state index contributed by atoms with van der Waals surface area (Å²) < 4.78 is 0. The Hall–Kier alpha value is -1.45. The van der Waals surface area contributed by atoms with Crippen LogP contribution in [0.4, 0.5) is 0 Å². The van der Waals surface area contributed by atoms with Crippen molar-refractivity contribution in [2.75, 3.05) is 6.54 Å². The lowest BCUT2D eigenvalue weighted by atomic mass is 10.0. The fraction of sp³-hybridized carbons (Fsp3) is 0.214. The lowest BCUT2D eigenvalue weighted by molar-refractivity contribution is 0.100. The van der Waals surface area contributed by atoms with E-state index in [1.54, 1.807) is 0 Å². The Morgan fingerprint density at radius 3 is 2.71 bits per heavy atom. The van der Waals surface area contributed by atoms with Crippen LogP contribution in [0.3, 0.4) is 0 Å². The quantitative estimate of drug-likeness (QED) is 0.844. The molecule has 0 bridgehead atoms. The van der Waals surface area contributed by atoms with E-state index in [4.69, 9.17) is 5.73 Å². The van der Waals surface area contributed by atoms with Crippen molar-refractivity contribution in [3.63, 3.8) is 0 Å². The minimum absolute atomic E-state index is 0.00607. The van der Waals surface area contributed by atoms with E-state index in [1.165, 1.54) is 28.0 Å². The van der Waals surface area contributed by atoms with Crippen LogP contribution in [-0.4, -0.2) is 12.3 Å². The molecule has 2 aromatic rings. The van der Waals surface area contributed by atoms with Crippen LogP contribution in [0.5, 0.6) is 0 Å². The van der Waals surface area contributed by atoms with Gasteiger partial charge in [-0.25, -0.2) is 0 Å². The molecule has 0 spiro atoms. The number of carbonyl (C=O) groups is 1. The molecule has 2 nitrogen and oxygen atoms in total. The van der Waals surface area contributed by atoms with Crippen molar-refractivity contribution in [1.29, 1.82) is 0 Å². The van der Waals surface area contributed by atoms with Gasteiger partial charge >= 0.3 is 0 Å². The molecular weight excluding hydrogens is 230 g/mol. The van der Waals surface area contributed by atoms with Crippen LogP contribution < -0.4 is 5.73 Å². The molecule has 1 aromatic heterocycles. The molecule has 17 heavy (non-hydrogen) atoms. The van der Waals surface area contributed by atoms with Gasteiger partial charge in [-0.05, 0) is 37.1 Å². The SMILES string of the molecule is Cc1ccc(C)c(-c2ccc(C(=O)CN)s2)c1. The predicted octanol–water partition coefficient (Wildman–Crippen LogP) is 3.17. The third-order valence-corrected chi connectivity index (χ3v) is 3.88. The molecule has 0 unspecified atom stereocenters. The molecule has 2 rings (SSSR count). The van der Waals surface area contributed by atoms with Crippen molar-refractivity contribution in [2.24, 2.45) is 5.73 Å². The van der Waals surface area contributed by atoms with Crippen molar-refractivity contribution in [3.8, 4) is 10.4 Å². The second-order valence-electron chi connectivity index (χ2n) is 4.11. The monoisotopic (exact) mass is 245 g/mol. The average Bonchev–Trinajstić information content (AvgIpc) is 2.80. The Kier molecular flexibility index (Phi) is 3.41. The fourth-order valence-corrected chi connectivity index (χ4v) is 2.77. The van der Waals surface area contributed by atoms with Gasteiger partial charge in [0.25, 0.3) is 0 Å². The van der Waals surface area contributed by atoms with Gasteiger partial charge in [-0.2, -0.15) is 0 Å². The standard InChI is InChI=1S/C14H15NOS/c1-9-3-4-10(2)11(7-9)13-5-6-14(17-13)12(16)8-15/h3-7H,8,15H2,1-2H3. The Labute approximate surface area is 105 Å². The molecule has 0 aliphatic heterocycles. The summed E-state index contributed by atoms with van der Waals surface area (Å²) in [5.74, 6) is 0.00607. The molecule has 0 fully saturated rings. The molecule has 2 N–H and O–H groups in total. The summed E-state index contributed by atoms with van der Waals surface area (Å²) in [7, 11) is 0. The van der Waals surface area contributed by atoms with Gasteiger partial charge in [-0.1, -0.05) is 23.8 Å². The first-order valence-electron chi connectivity index (χ1n) is 5.52. The van der Waals surface area contributed by atoms with Crippen molar-refractivity contribution in [3.05, 3.63) is 46.3 Å². The van der Waals surface area contributed by atoms with E-state index < -0.39 is 0 Å². The van der Waals surface area contributed by atoms with Crippen LogP contribution in [0.1, 0.15) is 20.8 Å². The Bertz CT molecular complexity index is 557. The van der Waals surface area contributed by atoms with Gasteiger partial charge in [-0.15, -0.1) is 11.3 Å². The molecule has 0 amide bonds. The van der Waals surface area contributed by atoms with E-state index in [1.807, 2.05) is 12.1 Å². The number of hydrogen-bond acceptors (Lipinski definition) is 3. The van der Waals surface area contributed by atoms with Crippen LogP contribution in [0.15, 0.2) is 30.3 Å². The lowest BCUT2D eigenvalue weighted by Gasteiger charge is -2.04. The summed E-state index contributed by atoms with van der Waals surface area (Å²) in [6, 6.07) is 10.2. The van der Waals surface area contributed by atoms with Gasteiger partial charge in [0, 0.05) is 4.88 Å². The van der Waals surface area contributed by atoms with E-state index in [9.17, 15) is 4.79 Å². The highest BCUT2D eigenvalue weighted by Crippen LogP contribution is 2.31. The summed E-state index contributed by atoms with van der Waals surface area (Å²) in [6.07, 6.45) is 0. The van der Waals surface area contributed by atoms with Gasteiger partial charge < -0.3 is 5.73 Å². The zero-order chi connectivity index (χ0) is 12.4. The molecule has 1 heterocycles. The summed E-state index contributed by atoms with van der Waals surface area (Å²) >= 11 is 1.51. The van der Waals surface area contributed by atoms with Gasteiger partial charge in [0.2, 0.25) is 0 Å². The van der Waals surface area contributed by atoms with E-state index in [-0.39, 0.29) is 12.3 Å². The van der Waals surface area contributed by atoms with Crippen LogP contribution in [0, 0.1) is 13.8 Å². The Morgan fingerprint density at radius 1 is 1.24 bits per heavy atom. The number of hydrogen-bond donors (Lipinski definition) is 1. The van der Waals surface area contributed by atoms with Crippen molar-refractivity contribution in [1.82, 2.24) is 0 Å². The molecule has 0 radical (unpaired) electrons. The zero-order valence-corrected chi connectivity index (χ0v) is 10.8. The van der Waals surface area contributed by atoms with Crippen LogP contribution in [0.25, 0.3) is 10.4 Å². The van der Waals surface area contributed by atoms with Crippen molar-refractivity contribution in [2.45, 2.75) is 13.8 Å². The van der Waals surface area contributed by atoms with Crippen molar-refractivity contribution < 1.29 is 4.79 Å². The maximum atomic E-state index is 11.5. The maximum Gasteiger partial charge on any atom is 0.186 e. The number of nitrogens with two attached hydrogens (primary N) is 1. The molecule has 3 heteroatoms. The first-order chi connectivity index (χ1) is 8.11. The number of ketones is 1. The van der Waals surface area contributed by atoms with E-state index >= 15 is 0 Å². The normalized spacial score (nSPS) is 10.5. The van der Waals surface area contributed by atoms with E-state index in [2.05, 4.69) is 32.0 Å². The smallest absolute Gasteiger partial charge is 0.186 e. The average molecular weight is 245 g/mol. The van der Waals surface area contributed by atoms with Crippen LogP contribution in [0.2, 0.25) is 0 Å². The lowest BCUT2D eigenvalue weighted by Crippen LogP contribution is -2.11. The third kappa shape index (κ3) is 2.46. The summed E-state index contributed by atoms with van der Waals surface area (Å²) in [5, 5.41) is 0. The topological polar surface area (TPSA) is 43.1 Å². The summed E-state index contributed by atoms with van der Waals surface area (Å²) in [6.45, 7) is 4.23. The number of rotatable bonds is 3. The number of carbonyl (C=O) groups excluding carboxylic acids is 1. The fourth-order valence-electron chi connectivity index (χ4n) is 1.73. The molecule has 88 valence electrons. The largest absolute Gasteiger partial charge is 0.324 e. The highest BCUT2D eigenvalue weighted by atomic mass is 32.1. The number of benzene rings is 1. The van der Waals surface area contributed by atoms with E-state index in [0.29, 0.717) is 0 Å². The maximum absolute atomic E-state index is 11.5. The van der Waals surface area contributed by atoms with Crippen LogP contribution in [-0.2, 0) is 0 Å². The molecule has 0 aliphatic carbocycles. The van der Waals surface area contributed by atoms with Gasteiger partial charge in [0.05, 0.1) is 11.4 Å². The molecular formula is C14H15NOS.